The average Bonchev–Trinajstić information content (AvgIpc) is 2.92. The first-order valence-corrected chi connectivity index (χ1v) is 8.24. The van der Waals surface area contributed by atoms with Gasteiger partial charge in [-0.2, -0.15) is 0 Å². The molecule has 0 aromatic heterocycles. The highest BCUT2D eigenvalue weighted by Gasteiger charge is 2.43. The Labute approximate surface area is 119 Å². The molecule has 1 saturated carbocycles. The monoisotopic (exact) mass is 267 g/mol. The van der Waals surface area contributed by atoms with Crippen molar-refractivity contribution in [1.29, 1.82) is 0 Å². The summed E-state index contributed by atoms with van der Waals surface area (Å²) in [5.74, 6) is 1.53. The second kappa shape index (κ2) is 6.55. The lowest BCUT2D eigenvalue weighted by molar-refractivity contribution is 0.00271. The van der Waals surface area contributed by atoms with Crippen LogP contribution < -0.4 is 5.73 Å². The van der Waals surface area contributed by atoms with Crippen LogP contribution >= 0.6 is 0 Å². The van der Waals surface area contributed by atoms with E-state index >= 15 is 0 Å². The van der Waals surface area contributed by atoms with Crippen LogP contribution in [0, 0.1) is 11.8 Å². The van der Waals surface area contributed by atoms with Crippen LogP contribution in [-0.4, -0.2) is 55.1 Å². The van der Waals surface area contributed by atoms with E-state index in [1.807, 2.05) is 0 Å². The van der Waals surface area contributed by atoms with Crippen molar-refractivity contribution in [2.75, 3.05) is 39.8 Å². The molecule has 0 bridgehead atoms. The molecule has 3 atom stereocenters. The average molecular weight is 267 g/mol. The third-order valence-corrected chi connectivity index (χ3v) is 6.03. The van der Waals surface area contributed by atoms with E-state index in [9.17, 15) is 0 Å². The molecule has 0 amide bonds. The Kier molecular flexibility index (Phi) is 5.27. The molecular weight excluding hydrogens is 234 g/mol. The fraction of sp³-hybridized carbons (Fsp3) is 1.00. The third kappa shape index (κ3) is 3.14. The first-order chi connectivity index (χ1) is 9.10. The van der Waals surface area contributed by atoms with Crippen molar-refractivity contribution in [3.63, 3.8) is 0 Å². The van der Waals surface area contributed by atoms with Crippen LogP contribution in [-0.2, 0) is 0 Å². The Morgan fingerprint density at radius 3 is 2.53 bits per heavy atom. The lowest BCUT2D eigenvalue weighted by Gasteiger charge is -2.51. The van der Waals surface area contributed by atoms with E-state index in [0.29, 0.717) is 0 Å². The summed E-state index contributed by atoms with van der Waals surface area (Å²) in [5.41, 5.74) is 6.47. The van der Waals surface area contributed by atoms with Gasteiger partial charge < -0.3 is 10.6 Å². The molecule has 112 valence electrons. The maximum Gasteiger partial charge on any atom is 0.0357 e. The molecular formula is C16H33N3. The minimum atomic E-state index is 0.247. The van der Waals surface area contributed by atoms with Crippen molar-refractivity contribution in [1.82, 2.24) is 9.80 Å². The molecule has 2 rings (SSSR count). The smallest absolute Gasteiger partial charge is 0.0357 e. The largest absolute Gasteiger partial charge is 0.329 e. The molecule has 3 heteroatoms. The Hall–Kier alpha value is -0.120. The van der Waals surface area contributed by atoms with E-state index in [1.54, 1.807) is 0 Å². The predicted molar refractivity (Wildman–Crippen MR) is 82.3 cm³/mol. The highest BCUT2D eigenvalue weighted by Crippen LogP contribution is 2.40. The van der Waals surface area contributed by atoms with Gasteiger partial charge in [0, 0.05) is 25.2 Å². The first kappa shape index (κ1) is 15.3. The highest BCUT2D eigenvalue weighted by atomic mass is 15.2. The normalized spacial score (nSPS) is 37.1. The Balaban J connectivity index is 1.94. The second-order valence-electron chi connectivity index (χ2n) is 6.94. The quantitative estimate of drug-likeness (QED) is 0.828. The molecule has 2 fully saturated rings. The number of likely N-dealkylation sites (tertiary alicyclic amines) is 1. The van der Waals surface area contributed by atoms with Gasteiger partial charge in [-0.05, 0) is 51.2 Å². The van der Waals surface area contributed by atoms with Crippen molar-refractivity contribution in [2.24, 2.45) is 17.6 Å². The van der Waals surface area contributed by atoms with Crippen LogP contribution in [0.3, 0.4) is 0 Å². The van der Waals surface area contributed by atoms with Gasteiger partial charge in [0.25, 0.3) is 0 Å². The number of rotatable bonds is 5. The van der Waals surface area contributed by atoms with Gasteiger partial charge in [-0.25, -0.2) is 0 Å². The van der Waals surface area contributed by atoms with Crippen LogP contribution in [0.15, 0.2) is 0 Å². The van der Waals surface area contributed by atoms with Crippen molar-refractivity contribution in [3.05, 3.63) is 0 Å². The Morgan fingerprint density at radius 2 is 1.89 bits per heavy atom. The molecule has 0 aromatic rings. The van der Waals surface area contributed by atoms with Crippen LogP contribution in [0.2, 0.25) is 0 Å². The van der Waals surface area contributed by atoms with Crippen molar-refractivity contribution >= 4 is 0 Å². The lowest BCUT2D eigenvalue weighted by Crippen LogP contribution is -2.60. The third-order valence-electron chi connectivity index (χ3n) is 6.03. The van der Waals surface area contributed by atoms with E-state index in [-0.39, 0.29) is 5.54 Å². The molecule has 19 heavy (non-hydrogen) atoms. The second-order valence-corrected chi connectivity index (χ2v) is 6.94. The standard InChI is InChI=1S/C16H33N3/c1-14-7-6-8-16(13-17,15(14)2)18(3)11-12-19-9-4-5-10-19/h14-15H,4-13,17H2,1-3H3. The zero-order valence-corrected chi connectivity index (χ0v) is 13.2. The van der Waals surface area contributed by atoms with Crippen LogP contribution in [0.5, 0.6) is 0 Å². The number of likely N-dealkylation sites (N-methyl/N-ethyl adjacent to an activating group) is 1. The van der Waals surface area contributed by atoms with Crippen LogP contribution in [0.1, 0.15) is 46.0 Å². The van der Waals surface area contributed by atoms with Gasteiger partial charge >= 0.3 is 0 Å². The molecule has 0 radical (unpaired) electrons. The van der Waals surface area contributed by atoms with E-state index in [4.69, 9.17) is 5.73 Å². The van der Waals surface area contributed by atoms with E-state index < -0.39 is 0 Å². The van der Waals surface area contributed by atoms with Gasteiger partial charge in [-0.15, -0.1) is 0 Å². The molecule has 2 aliphatic rings. The van der Waals surface area contributed by atoms with Crippen LogP contribution in [0.4, 0.5) is 0 Å². The number of hydrogen-bond acceptors (Lipinski definition) is 3. The maximum absolute atomic E-state index is 6.22. The zero-order chi connectivity index (χ0) is 13.9. The maximum atomic E-state index is 6.22. The Morgan fingerprint density at radius 1 is 1.21 bits per heavy atom. The summed E-state index contributed by atoms with van der Waals surface area (Å²) < 4.78 is 0. The van der Waals surface area contributed by atoms with Gasteiger partial charge in [-0.1, -0.05) is 26.7 Å². The molecule has 3 nitrogen and oxygen atoms in total. The molecule has 1 aliphatic carbocycles. The minimum absolute atomic E-state index is 0.247. The fourth-order valence-corrected chi connectivity index (χ4v) is 4.24. The molecule has 1 heterocycles. The molecule has 3 unspecified atom stereocenters. The highest BCUT2D eigenvalue weighted by molar-refractivity contribution is 4.99. The summed E-state index contributed by atoms with van der Waals surface area (Å²) in [6.07, 6.45) is 6.78. The Bertz CT molecular complexity index is 275. The van der Waals surface area contributed by atoms with E-state index in [0.717, 1.165) is 18.4 Å². The minimum Gasteiger partial charge on any atom is -0.329 e. The topological polar surface area (TPSA) is 32.5 Å². The summed E-state index contributed by atoms with van der Waals surface area (Å²) in [4.78, 5) is 5.20. The van der Waals surface area contributed by atoms with E-state index in [1.165, 1.54) is 58.3 Å². The summed E-state index contributed by atoms with van der Waals surface area (Å²) in [5, 5.41) is 0. The molecule has 0 spiro atoms. The van der Waals surface area contributed by atoms with Gasteiger partial charge in [-0.3, -0.25) is 4.90 Å². The fourth-order valence-electron chi connectivity index (χ4n) is 4.24. The summed E-state index contributed by atoms with van der Waals surface area (Å²) in [6.45, 7) is 10.6. The van der Waals surface area contributed by atoms with Crippen molar-refractivity contribution < 1.29 is 0 Å². The molecule has 1 aliphatic heterocycles. The number of nitrogens with two attached hydrogens (primary N) is 1. The zero-order valence-electron chi connectivity index (χ0n) is 13.2. The molecule has 1 saturated heterocycles. The van der Waals surface area contributed by atoms with Crippen LogP contribution in [0.25, 0.3) is 0 Å². The summed E-state index contributed by atoms with van der Waals surface area (Å²) in [6, 6.07) is 0. The van der Waals surface area contributed by atoms with Gasteiger partial charge in [0.1, 0.15) is 0 Å². The predicted octanol–water partition coefficient (Wildman–Crippen LogP) is 2.17. The molecule has 2 N–H and O–H groups in total. The first-order valence-electron chi connectivity index (χ1n) is 8.24. The van der Waals surface area contributed by atoms with Gasteiger partial charge in [0.05, 0.1) is 0 Å². The van der Waals surface area contributed by atoms with Crippen molar-refractivity contribution in [3.8, 4) is 0 Å². The lowest BCUT2D eigenvalue weighted by atomic mass is 9.67. The van der Waals surface area contributed by atoms with Gasteiger partial charge in [0.15, 0.2) is 0 Å². The van der Waals surface area contributed by atoms with Gasteiger partial charge in [0.2, 0.25) is 0 Å². The summed E-state index contributed by atoms with van der Waals surface area (Å²) >= 11 is 0. The number of nitrogens with zero attached hydrogens (tertiary/aromatic N) is 2. The van der Waals surface area contributed by atoms with E-state index in [2.05, 4.69) is 30.7 Å². The number of hydrogen-bond donors (Lipinski definition) is 1. The van der Waals surface area contributed by atoms with Crippen molar-refractivity contribution in [2.45, 2.75) is 51.5 Å². The summed E-state index contributed by atoms with van der Waals surface area (Å²) in [7, 11) is 2.30. The molecule has 0 aromatic carbocycles. The SMILES string of the molecule is CC1CCCC(CN)(N(C)CCN2CCCC2)C1C.